The molecule has 0 N–H and O–H groups in total. The molecule has 0 bridgehead atoms. The molecule has 2 heterocycles. The molecule has 2 nitrogen and oxygen atoms in total. The largest absolute Gasteiger partial charge is 0.454 e. The number of hydrogen-bond donors (Lipinski definition) is 0. The Morgan fingerprint density at radius 1 is 1.29 bits per heavy atom. The molecular formula is C12H11NO. The zero-order valence-electron chi connectivity index (χ0n) is 8.08. The number of nitrogens with zero attached hydrogens (tertiary/aromatic N) is 1. The number of benzene rings is 1. The van der Waals surface area contributed by atoms with E-state index in [1.807, 2.05) is 18.2 Å². The summed E-state index contributed by atoms with van der Waals surface area (Å²) < 4.78 is 5.77. The van der Waals surface area contributed by atoms with Crippen molar-refractivity contribution in [1.29, 1.82) is 0 Å². The summed E-state index contributed by atoms with van der Waals surface area (Å²) in [5.74, 6) is 0. The minimum Gasteiger partial charge on any atom is -0.454 e. The average molecular weight is 185 g/mol. The van der Waals surface area contributed by atoms with Gasteiger partial charge in [0.15, 0.2) is 5.42 Å². The number of hydrogen-bond acceptors (Lipinski definition) is 2. The average Bonchev–Trinajstić information content (AvgIpc) is 2.59. The van der Waals surface area contributed by atoms with Gasteiger partial charge < -0.3 is 4.42 Å². The van der Waals surface area contributed by atoms with E-state index < -0.39 is 0 Å². The summed E-state index contributed by atoms with van der Waals surface area (Å²) in [5, 5.41) is 2.19. The first-order valence-corrected chi connectivity index (χ1v) is 4.88. The molecule has 1 aromatic heterocycles. The Labute approximate surface area is 81.6 Å². The highest BCUT2D eigenvalue weighted by Crippen LogP contribution is 2.10. The zero-order valence-corrected chi connectivity index (χ0v) is 8.08. The van der Waals surface area contributed by atoms with Crippen molar-refractivity contribution in [3.8, 4) is 0 Å². The maximum atomic E-state index is 5.77. The third kappa shape index (κ3) is 0.939. The van der Waals surface area contributed by atoms with Crippen LogP contribution in [0.25, 0.3) is 16.5 Å². The van der Waals surface area contributed by atoms with Crippen LogP contribution in [0.1, 0.15) is 13.3 Å². The monoisotopic (exact) mass is 185 g/mol. The molecular weight excluding hydrogens is 174 g/mol. The van der Waals surface area contributed by atoms with Gasteiger partial charge in [-0.3, -0.25) is 4.99 Å². The van der Waals surface area contributed by atoms with Crippen molar-refractivity contribution in [1.82, 2.24) is 0 Å². The number of furan rings is 1. The molecule has 0 saturated heterocycles. The van der Waals surface area contributed by atoms with E-state index in [1.54, 1.807) is 0 Å². The van der Waals surface area contributed by atoms with Crippen molar-refractivity contribution in [3.05, 3.63) is 35.0 Å². The van der Waals surface area contributed by atoms with Gasteiger partial charge in [0.1, 0.15) is 10.9 Å². The summed E-state index contributed by atoms with van der Waals surface area (Å²) in [4.78, 5) is 4.52. The fraction of sp³-hybridized carbons (Fsp3) is 0.250. The maximum Gasteiger partial charge on any atom is 0.152 e. The molecule has 3 rings (SSSR count). The summed E-state index contributed by atoms with van der Waals surface area (Å²) in [6.07, 6.45) is 1.02. The lowest BCUT2D eigenvalue weighted by Gasteiger charge is -1.99. The van der Waals surface area contributed by atoms with E-state index in [1.165, 1.54) is 5.57 Å². The fourth-order valence-corrected chi connectivity index (χ4v) is 1.93. The van der Waals surface area contributed by atoms with Crippen LogP contribution in [0.5, 0.6) is 0 Å². The van der Waals surface area contributed by atoms with Crippen LogP contribution in [0.15, 0.2) is 33.7 Å². The smallest absolute Gasteiger partial charge is 0.152 e. The highest BCUT2D eigenvalue weighted by atomic mass is 16.3. The molecule has 2 heteroatoms. The third-order valence-corrected chi connectivity index (χ3v) is 2.71. The lowest BCUT2D eigenvalue weighted by atomic mass is 10.1. The van der Waals surface area contributed by atoms with Gasteiger partial charge in [-0.2, -0.15) is 0 Å². The Morgan fingerprint density at radius 3 is 3.07 bits per heavy atom. The van der Waals surface area contributed by atoms with Crippen LogP contribution < -0.4 is 10.8 Å². The topological polar surface area (TPSA) is 25.5 Å². The van der Waals surface area contributed by atoms with Gasteiger partial charge in [-0.25, -0.2) is 0 Å². The molecule has 2 aromatic rings. The Morgan fingerprint density at radius 2 is 2.14 bits per heavy atom. The lowest BCUT2D eigenvalue weighted by molar-refractivity contribution is 0.561. The van der Waals surface area contributed by atoms with Gasteiger partial charge in [-0.05, 0) is 31.1 Å². The molecule has 0 fully saturated rings. The Bertz CT molecular complexity index is 607. The Hall–Kier alpha value is -1.57. The second-order valence-corrected chi connectivity index (χ2v) is 3.69. The molecule has 0 radical (unpaired) electrons. The normalized spacial score (nSPS) is 15.4. The van der Waals surface area contributed by atoms with Crippen molar-refractivity contribution in [2.24, 2.45) is 4.99 Å². The quantitative estimate of drug-likeness (QED) is 0.612. The summed E-state index contributed by atoms with van der Waals surface area (Å²) in [7, 11) is 0. The van der Waals surface area contributed by atoms with Gasteiger partial charge in [0.05, 0.1) is 0 Å². The van der Waals surface area contributed by atoms with Crippen LogP contribution in [0.2, 0.25) is 0 Å². The summed E-state index contributed by atoms with van der Waals surface area (Å²) >= 11 is 0. The van der Waals surface area contributed by atoms with Gasteiger partial charge >= 0.3 is 0 Å². The van der Waals surface area contributed by atoms with Crippen LogP contribution in [-0.2, 0) is 0 Å². The third-order valence-electron chi connectivity index (χ3n) is 2.71. The van der Waals surface area contributed by atoms with E-state index in [0.717, 1.165) is 34.7 Å². The van der Waals surface area contributed by atoms with Gasteiger partial charge in [0.25, 0.3) is 0 Å². The molecule has 1 aliphatic rings. The summed E-state index contributed by atoms with van der Waals surface area (Å²) in [6.45, 7) is 3.01. The van der Waals surface area contributed by atoms with E-state index in [-0.39, 0.29) is 0 Å². The van der Waals surface area contributed by atoms with Crippen molar-refractivity contribution < 1.29 is 4.42 Å². The molecule has 70 valence electrons. The van der Waals surface area contributed by atoms with Crippen LogP contribution in [0.4, 0.5) is 0 Å². The minimum absolute atomic E-state index is 0.891. The van der Waals surface area contributed by atoms with Crippen LogP contribution in [-0.4, -0.2) is 6.54 Å². The van der Waals surface area contributed by atoms with Gasteiger partial charge in [-0.1, -0.05) is 12.1 Å². The highest BCUT2D eigenvalue weighted by Gasteiger charge is 2.08. The number of fused-ring (bicyclic) bond motifs is 3. The van der Waals surface area contributed by atoms with E-state index >= 15 is 0 Å². The van der Waals surface area contributed by atoms with Crippen molar-refractivity contribution >= 4 is 16.5 Å². The van der Waals surface area contributed by atoms with Crippen LogP contribution >= 0.6 is 0 Å². The highest BCUT2D eigenvalue weighted by molar-refractivity contribution is 5.77. The molecule has 0 amide bonds. The first kappa shape index (κ1) is 7.80. The maximum absolute atomic E-state index is 5.77. The van der Waals surface area contributed by atoms with Gasteiger partial charge in [0, 0.05) is 11.9 Å². The van der Waals surface area contributed by atoms with Gasteiger partial charge in [0.2, 0.25) is 0 Å². The molecule has 0 unspecified atom stereocenters. The molecule has 0 spiro atoms. The second-order valence-electron chi connectivity index (χ2n) is 3.69. The minimum atomic E-state index is 0.891. The fourth-order valence-electron chi connectivity index (χ4n) is 1.93. The van der Waals surface area contributed by atoms with Gasteiger partial charge in [-0.15, -0.1) is 0 Å². The Kier molecular flexibility index (Phi) is 1.51. The summed E-state index contributed by atoms with van der Waals surface area (Å²) in [5.41, 5.74) is 3.24. The van der Waals surface area contributed by atoms with Crippen molar-refractivity contribution in [2.75, 3.05) is 6.54 Å². The van der Waals surface area contributed by atoms with E-state index in [2.05, 4.69) is 18.0 Å². The van der Waals surface area contributed by atoms with E-state index in [0.29, 0.717) is 0 Å². The predicted octanol–water partition coefficient (Wildman–Crippen LogP) is 1.63. The van der Waals surface area contributed by atoms with E-state index in [9.17, 15) is 0 Å². The van der Waals surface area contributed by atoms with E-state index in [4.69, 9.17) is 4.42 Å². The molecule has 0 saturated carbocycles. The SMILES string of the molecule is CC1=c2oc3ccccc3c2=NCC1. The molecule has 1 aliphatic heterocycles. The second kappa shape index (κ2) is 2.71. The standard InChI is InChI=1S/C12H11NO/c1-8-6-7-13-11-9-4-2-3-5-10(9)14-12(8)11/h2-5H,6-7H2,1H3. The lowest BCUT2D eigenvalue weighted by Crippen LogP contribution is -2.26. The zero-order chi connectivity index (χ0) is 9.54. The molecule has 14 heavy (non-hydrogen) atoms. The molecule has 0 atom stereocenters. The molecule has 1 aromatic carbocycles. The van der Waals surface area contributed by atoms with Crippen LogP contribution in [0, 0.1) is 0 Å². The first-order valence-electron chi connectivity index (χ1n) is 4.88. The predicted molar refractivity (Wildman–Crippen MR) is 55.6 cm³/mol. The Balaban J connectivity index is 2.63. The first-order chi connectivity index (χ1) is 6.86. The number of rotatable bonds is 0. The van der Waals surface area contributed by atoms with Crippen molar-refractivity contribution in [2.45, 2.75) is 13.3 Å². The van der Waals surface area contributed by atoms with Crippen LogP contribution in [0.3, 0.4) is 0 Å². The summed E-state index contributed by atoms with van der Waals surface area (Å²) in [6, 6.07) is 8.08. The van der Waals surface area contributed by atoms with Crippen molar-refractivity contribution in [3.63, 3.8) is 0 Å². The molecule has 0 aliphatic carbocycles. The number of para-hydroxylation sites is 1.